The summed E-state index contributed by atoms with van der Waals surface area (Å²) in [6.07, 6.45) is 5.30. The van der Waals surface area contributed by atoms with E-state index in [1.165, 1.54) is 44.3 Å². The fourth-order valence-electron chi connectivity index (χ4n) is 4.37. The van der Waals surface area contributed by atoms with Gasteiger partial charge in [0.15, 0.2) is 5.82 Å². The molecule has 0 unspecified atom stereocenters. The first kappa shape index (κ1) is 18.2. The van der Waals surface area contributed by atoms with Gasteiger partial charge in [0, 0.05) is 18.7 Å². The second-order valence-electron chi connectivity index (χ2n) is 7.96. The molecule has 0 N–H and O–H groups in total. The molecule has 144 valence electrons. The largest absolute Gasteiger partial charge is 0.329 e. The van der Waals surface area contributed by atoms with Gasteiger partial charge in [-0.25, -0.2) is 0 Å². The summed E-state index contributed by atoms with van der Waals surface area (Å²) in [5.41, 5.74) is 2.04. The van der Waals surface area contributed by atoms with E-state index in [9.17, 15) is 4.79 Å². The molecular formula is C21H29N5O. The summed E-state index contributed by atoms with van der Waals surface area (Å²) < 4.78 is 2.13. The Hall–Kier alpha value is -2.21. The van der Waals surface area contributed by atoms with Crippen molar-refractivity contribution in [1.82, 2.24) is 24.6 Å². The molecule has 0 aliphatic carbocycles. The highest BCUT2D eigenvalue weighted by Gasteiger charge is 2.28. The monoisotopic (exact) mass is 367 g/mol. The molecule has 2 aromatic rings. The number of aryl methyl sites for hydroxylation is 1. The van der Waals surface area contributed by atoms with Gasteiger partial charge in [0.1, 0.15) is 5.82 Å². The zero-order valence-electron chi connectivity index (χ0n) is 16.4. The number of amides is 1. The average Bonchev–Trinajstić information content (AvgIpc) is 2.88. The highest BCUT2D eigenvalue weighted by molar-refractivity contribution is 5.94. The number of hydrogen-bond acceptors (Lipinski definition) is 4. The minimum absolute atomic E-state index is 0.0788. The van der Waals surface area contributed by atoms with Crippen LogP contribution in [-0.4, -0.2) is 50.1 Å². The van der Waals surface area contributed by atoms with Crippen molar-refractivity contribution in [1.29, 1.82) is 0 Å². The van der Waals surface area contributed by atoms with Crippen molar-refractivity contribution in [2.45, 2.75) is 58.7 Å². The second-order valence-corrected chi connectivity index (χ2v) is 7.96. The summed E-state index contributed by atoms with van der Waals surface area (Å²) in [5.74, 6) is 1.87. The smallest absolute Gasteiger partial charge is 0.254 e. The topological polar surface area (TPSA) is 54.3 Å². The van der Waals surface area contributed by atoms with Crippen molar-refractivity contribution >= 4 is 5.91 Å². The highest BCUT2D eigenvalue weighted by Crippen LogP contribution is 2.23. The Morgan fingerprint density at radius 1 is 1.07 bits per heavy atom. The Kier molecular flexibility index (Phi) is 5.25. The summed E-state index contributed by atoms with van der Waals surface area (Å²) in [6, 6.07) is 8.38. The van der Waals surface area contributed by atoms with Gasteiger partial charge >= 0.3 is 0 Å². The van der Waals surface area contributed by atoms with Crippen LogP contribution in [0.15, 0.2) is 24.3 Å². The van der Waals surface area contributed by atoms with E-state index in [-0.39, 0.29) is 11.9 Å². The number of rotatable bonds is 3. The molecule has 4 rings (SSSR count). The number of nitrogens with zero attached hydrogens (tertiary/aromatic N) is 5. The van der Waals surface area contributed by atoms with Gasteiger partial charge < -0.3 is 9.47 Å². The van der Waals surface area contributed by atoms with Gasteiger partial charge in [-0.1, -0.05) is 25.0 Å². The van der Waals surface area contributed by atoms with Crippen LogP contribution in [-0.2, 0) is 13.1 Å². The molecule has 2 aliphatic rings. The average molecular weight is 367 g/mol. The van der Waals surface area contributed by atoms with Crippen molar-refractivity contribution in [2.24, 2.45) is 0 Å². The maximum atomic E-state index is 13.0. The maximum Gasteiger partial charge on any atom is 0.254 e. The van der Waals surface area contributed by atoms with Gasteiger partial charge in [0.25, 0.3) is 5.91 Å². The molecule has 0 saturated carbocycles. The van der Waals surface area contributed by atoms with Crippen LogP contribution in [0.25, 0.3) is 0 Å². The van der Waals surface area contributed by atoms with Crippen molar-refractivity contribution in [2.75, 3.05) is 19.6 Å². The van der Waals surface area contributed by atoms with Crippen LogP contribution in [0, 0.1) is 6.92 Å². The molecule has 1 saturated heterocycles. The Bertz CT molecular complexity index is 789. The minimum Gasteiger partial charge on any atom is -0.329 e. The third-order valence-electron chi connectivity index (χ3n) is 5.79. The predicted octanol–water partition coefficient (Wildman–Crippen LogP) is 3.18. The molecule has 6 heteroatoms. The van der Waals surface area contributed by atoms with Crippen LogP contribution in [0.5, 0.6) is 0 Å². The predicted molar refractivity (Wildman–Crippen MR) is 104 cm³/mol. The molecule has 27 heavy (non-hydrogen) atoms. The first-order valence-corrected chi connectivity index (χ1v) is 10.1. The minimum atomic E-state index is 0.0788. The Morgan fingerprint density at radius 3 is 2.48 bits per heavy atom. The van der Waals surface area contributed by atoms with Crippen molar-refractivity contribution in [3.63, 3.8) is 0 Å². The van der Waals surface area contributed by atoms with E-state index < -0.39 is 0 Å². The second kappa shape index (κ2) is 7.80. The zero-order valence-corrected chi connectivity index (χ0v) is 16.4. The molecule has 0 radical (unpaired) electrons. The van der Waals surface area contributed by atoms with Crippen LogP contribution in [0.4, 0.5) is 0 Å². The van der Waals surface area contributed by atoms with Crippen molar-refractivity contribution in [3.8, 4) is 0 Å². The van der Waals surface area contributed by atoms with Gasteiger partial charge in [0.2, 0.25) is 0 Å². The van der Waals surface area contributed by atoms with E-state index in [1.54, 1.807) is 0 Å². The number of carbonyl (C=O) groups is 1. The molecule has 1 fully saturated rings. The lowest BCUT2D eigenvalue weighted by atomic mass is 10.1. The fourth-order valence-corrected chi connectivity index (χ4v) is 4.37. The van der Waals surface area contributed by atoms with E-state index in [0.29, 0.717) is 13.1 Å². The summed E-state index contributed by atoms with van der Waals surface area (Å²) in [6.45, 7) is 8.66. The van der Waals surface area contributed by atoms with E-state index in [4.69, 9.17) is 0 Å². The Balaban J connectivity index is 1.42. The Morgan fingerprint density at radius 2 is 1.78 bits per heavy atom. The highest BCUT2D eigenvalue weighted by atomic mass is 16.2. The van der Waals surface area contributed by atoms with Gasteiger partial charge in [-0.15, -0.1) is 10.2 Å². The number of fused-ring (bicyclic) bond motifs is 1. The molecular weight excluding hydrogens is 338 g/mol. The lowest BCUT2D eigenvalue weighted by Gasteiger charge is -2.32. The number of aromatic nitrogens is 3. The van der Waals surface area contributed by atoms with E-state index in [2.05, 4.69) is 38.7 Å². The van der Waals surface area contributed by atoms with E-state index in [1.807, 2.05) is 24.0 Å². The van der Waals surface area contributed by atoms with Gasteiger partial charge in [-0.2, -0.15) is 0 Å². The lowest BCUT2D eigenvalue weighted by Crippen LogP contribution is -2.40. The maximum absolute atomic E-state index is 13.0. The van der Waals surface area contributed by atoms with Crippen LogP contribution in [0.2, 0.25) is 0 Å². The SMILES string of the molecule is Cc1nnc2n1[C@@H](C)CN(C(=O)c1ccc(CN3CCCCCC3)cc1)C2. The third kappa shape index (κ3) is 3.90. The molecule has 1 amide bonds. The molecule has 6 nitrogen and oxygen atoms in total. The molecule has 0 spiro atoms. The van der Waals surface area contributed by atoms with Crippen LogP contribution in [0.3, 0.4) is 0 Å². The number of likely N-dealkylation sites (tertiary alicyclic amines) is 1. The summed E-state index contributed by atoms with van der Waals surface area (Å²) in [5, 5.41) is 8.39. The van der Waals surface area contributed by atoms with Crippen molar-refractivity contribution < 1.29 is 4.79 Å². The molecule has 2 aliphatic heterocycles. The van der Waals surface area contributed by atoms with Crippen LogP contribution >= 0.6 is 0 Å². The molecule has 0 bridgehead atoms. The van der Waals surface area contributed by atoms with Gasteiger partial charge in [-0.3, -0.25) is 9.69 Å². The number of hydrogen-bond donors (Lipinski definition) is 0. The molecule has 1 atom stereocenters. The number of carbonyl (C=O) groups excluding carboxylic acids is 1. The van der Waals surface area contributed by atoms with E-state index >= 15 is 0 Å². The molecule has 3 heterocycles. The summed E-state index contributed by atoms with van der Waals surface area (Å²) >= 11 is 0. The van der Waals surface area contributed by atoms with E-state index in [0.717, 1.165) is 23.8 Å². The fraction of sp³-hybridized carbons (Fsp3) is 0.571. The Labute approximate surface area is 161 Å². The molecule has 1 aromatic carbocycles. The lowest BCUT2D eigenvalue weighted by molar-refractivity contribution is 0.0680. The van der Waals surface area contributed by atoms with Crippen LogP contribution < -0.4 is 0 Å². The standard InChI is InChI=1S/C21H29N5O/c1-16-13-25(15-20-23-22-17(2)26(16)20)21(27)19-9-7-18(8-10-19)14-24-11-5-3-4-6-12-24/h7-10,16H,3-6,11-15H2,1-2H3/t16-/m0/s1. The number of benzene rings is 1. The van der Waals surface area contributed by atoms with Crippen LogP contribution in [0.1, 0.15) is 66.2 Å². The first-order valence-electron chi connectivity index (χ1n) is 10.1. The normalized spacial score (nSPS) is 21.0. The summed E-state index contributed by atoms with van der Waals surface area (Å²) in [7, 11) is 0. The quantitative estimate of drug-likeness (QED) is 0.836. The summed E-state index contributed by atoms with van der Waals surface area (Å²) in [4.78, 5) is 17.4. The first-order chi connectivity index (χ1) is 13.1. The third-order valence-corrected chi connectivity index (χ3v) is 5.79. The zero-order chi connectivity index (χ0) is 18.8. The van der Waals surface area contributed by atoms with Gasteiger partial charge in [-0.05, 0) is 57.5 Å². The van der Waals surface area contributed by atoms with Gasteiger partial charge in [0.05, 0.1) is 12.6 Å². The molecule has 1 aromatic heterocycles. The van der Waals surface area contributed by atoms with Crippen molar-refractivity contribution in [3.05, 3.63) is 47.0 Å².